The third kappa shape index (κ3) is 4.12. The molecule has 0 saturated heterocycles. The standard InChI is InChI=1S/C28H38N4OS/c1-3-5-12-18-31-24-22-15-9-8-14-21(22)20-28(16-10-7-11-17-28)23(24)25(33)32-26(31)29-30-27(32)34-19-13-6-4-2/h8-9,14-15H,3-7,10-13,16-20H2,1-2H3. The summed E-state index contributed by atoms with van der Waals surface area (Å²) in [4.78, 5) is 14.4. The van der Waals surface area contributed by atoms with Gasteiger partial charge in [-0.05, 0) is 37.7 Å². The van der Waals surface area contributed by atoms with E-state index < -0.39 is 0 Å². The normalized spacial score (nSPS) is 16.6. The highest BCUT2D eigenvalue weighted by Gasteiger charge is 2.44. The molecule has 182 valence electrons. The maximum Gasteiger partial charge on any atom is 0.265 e. The fraction of sp³-hybridized carbons (Fsp3) is 0.607. The third-order valence-corrected chi connectivity index (χ3v) is 8.90. The minimum atomic E-state index is -0.0614. The summed E-state index contributed by atoms with van der Waals surface area (Å²) in [7, 11) is 0. The van der Waals surface area contributed by atoms with Crippen molar-refractivity contribution in [2.75, 3.05) is 5.75 Å². The number of benzene rings is 1. The van der Waals surface area contributed by atoms with Crippen LogP contribution in [0.15, 0.2) is 34.2 Å². The van der Waals surface area contributed by atoms with Crippen LogP contribution in [-0.4, -0.2) is 24.9 Å². The highest BCUT2D eigenvalue weighted by atomic mass is 32.2. The highest BCUT2D eigenvalue weighted by molar-refractivity contribution is 7.99. The van der Waals surface area contributed by atoms with E-state index in [0.29, 0.717) is 0 Å². The van der Waals surface area contributed by atoms with E-state index in [1.807, 2.05) is 4.40 Å². The Kier molecular flexibility index (Phi) is 7.14. The number of rotatable bonds is 9. The predicted molar refractivity (Wildman–Crippen MR) is 141 cm³/mol. The second-order valence-corrected chi connectivity index (χ2v) is 11.3. The summed E-state index contributed by atoms with van der Waals surface area (Å²) >= 11 is 1.70. The number of thioether (sulfide) groups is 1. The van der Waals surface area contributed by atoms with Crippen LogP contribution in [-0.2, 0) is 18.4 Å². The maximum absolute atomic E-state index is 14.4. The maximum atomic E-state index is 14.4. The first-order valence-electron chi connectivity index (χ1n) is 13.4. The Hall–Kier alpha value is -2.08. The number of hydrogen-bond acceptors (Lipinski definition) is 4. The molecule has 1 saturated carbocycles. The van der Waals surface area contributed by atoms with Crippen LogP contribution in [0.3, 0.4) is 0 Å². The molecule has 0 aliphatic heterocycles. The van der Waals surface area contributed by atoms with Gasteiger partial charge in [0.15, 0.2) is 5.16 Å². The Morgan fingerprint density at radius 2 is 1.74 bits per heavy atom. The van der Waals surface area contributed by atoms with E-state index in [4.69, 9.17) is 0 Å². The van der Waals surface area contributed by atoms with Crippen LogP contribution >= 0.6 is 11.8 Å². The first-order valence-corrected chi connectivity index (χ1v) is 14.4. The molecule has 1 fully saturated rings. The molecule has 2 aliphatic rings. The Balaban J connectivity index is 1.74. The van der Waals surface area contributed by atoms with E-state index in [9.17, 15) is 4.79 Å². The molecule has 0 radical (unpaired) electrons. The summed E-state index contributed by atoms with van der Waals surface area (Å²) in [6, 6.07) is 8.76. The number of hydrogen-bond donors (Lipinski definition) is 0. The Bertz CT molecular complexity index is 1210. The molecule has 0 bridgehead atoms. The average molecular weight is 479 g/mol. The molecule has 0 N–H and O–H groups in total. The first-order chi connectivity index (χ1) is 16.7. The monoisotopic (exact) mass is 478 g/mol. The molecule has 3 aromatic rings. The SMILES string of the molecule is CCCCCSc1nnc2n(CCCCC)c3c(c(=O)n12)C1(CCCCC1)Cc1ccccc1-3. The van der Waals surface area contributed by atoms with Crippen molar-refractivity contribution in [3.8, 4) is 11.3 Å². The summed E-state index contributed by atoms with van der Waals surface area (Å²) in [5, 5.41) is 9.96. The third-order valence-electron chi connectivity index (χ3n) is 7.89. The molecule has 0 unspecified atom stereocenters. The summed E-state index contributed by atoms with van der Waals surface area (Å²) in [6.45, 7) is 5.34. The topological polar surface area (TPSA) is 52.2 Å². The number of aromatic nitrogens is 4. The average Bonchev–Trinajstić information content (AvgIpc) is 3.28. The van der Waals surface area contributed by atoms with Crippen LogP contribution in [0, 0.1) is 0 Å². The number of unbranched alkanes of at least 4 members (excludes halogenated alkanes) is 4. The van der Waals surface area contributed by atoms with Crippen molar-refractivity contribution >= 4 is 17.5 Å². The molecular weight excluding hydrogens is 440 g/mol. The summed E-state index contributed by atoms with van der Waals surface area (Å²) in [5.41, 5.74) is 4.87. The Labute approximate surface area is 207 Å². The molecular formula is C28H38N4OS. The zero-order valence-electron chi connectivity index (χ0n) is 20.8. The van der Waals surface area contributed by atoms with Crippen molar-refractivity contribution in [1.29, 1.82) is 0 Å². The summed E-state index contributed by atoms with van der Waals surface area (Å²) in [6.07, 6.45) is 13.8. The largest absolute Gasteiger partial charge is 0.309 e. The molecule has 34 heavy (non-hydrogen) atoms. The molecule has 6 heteroatoms. The lowest BCUT2D eigenvalue weighted by Crippen LogP contribution is -2.43. The zero-order valence-corrected chi connectivity index (χ0v) is 21.6. The first kappa shape index (κ1) is 23.7. The molecule has 0 amide bonds. The van der Waals surface area contributed by atoms with Gasteiger partial charge in [0.2, 0.25) is 5.78 Å². The van der Waals surface area contributed by atoms with Gasteiger partial charge < -0.3 is 4.57 Å². The molecule has 1 spiro atoms. The van der Waals surface area contributed by atoms with E-state index >= 15 is 0 Å². The van der Waals surface area contributed by atoms with E-state index in [-0.39, 0.29) is 11.0 Å². The zero-order chi connectivity index (χ0) is 23.5. The van der Waals surface area contributed by atoms with Crippen molar-refractivity contribution < 1.29 is 0 Å². The molecule has 5 nitrogen and oxygen atoms in total. The van der Waals surface area contributed by atoms with E-state index in [0.717, 1.165) is 66.6 Å². The molecule has 2 heterocycles. The molecule has 2 aliphatic carbocycles. The molecule has 0 atom stereocenters. The van der Waals surface area contributed by atoms with Crippen molar-refractivity contribution in [2.45, 2.75) is 108 Å². The van der Waals surface area contributed by atoms with Crippen molar-refractivity contribution in [3.05, 3.63) is 45.7 Å². The lowest BCUT2D eigenvalue weighted by atomic mass is 9.62. The lowest BCUT2D eigenvalue weighted by molar-refractivity contribution is 0.283. The van der Waals surface area contributed by atoms with Gasteiger partial charge in [0.1, 0.15) is 0 Å². The van der Waals surface area contributed by atoms with Gasteiger partial charge in [0.05, 0.1) is 5.69 Å². The van der Waals surface area contributed by atoms with Crippen LogP contribution in [0.5, 0.6) is 0 Å². The van der Waals surface area contributed by atoms with Crippen LogP contribution in [0.25, 0.3) is 17.0 Å². The van der Waals surface area contributed by atoms with Gasteiger partial charge in [-0.3, -0.25) is 4.79 Å². The van der Waals surface area contributed by atoms with Crippen molar-refractivity contribution in [2.24, 2.45) is 0 Å². The summed E-state index contributed by atoms with van der Waals surface area (Å²) < 4.78 is 4.22. The fourth-order valence-electron chi connectivity index (χ4n) is 6.18. The van der Waals surface area contributed by atoms with Crippen LogP contribution in [0.2, 0.25) is 0 Å². The minimum Gasteiger partial charge on any atom is -0.309 e. The van der Waals surface area contributed by atoms with E-state index in [1.165, 1.54) is 56.1 Å². The van der Waals surface area contributed by atoms with Gasteiger partial charge in [0.25, 0.3) is 5.56 Å². The van der Waals surface area contributed by atoms with Crippen LogP contribution < -0.4 is 5.56 Å². The Morgan fingerprint density at radius 1 is 0.971 bits per heavy atom. The minimum absolute atomic E-state index is 0.0614. The predicted octanol–water partition coefficient (Wildman–Crippen LogP) is 6.79. The van der Waals surface area contributed by atoms with Gasteiger partial charge in [-0.1, -0.05) is 94.8 Å². The van der Waals surface area contributed by atoms with Gasteiger partial charge in [-0.25, -0.2) is 4.40 Å². The van der Waals surface area contributed by atoms with Gasteiger partial charge in [0, 0.05) is 28.8 Å². The van der Waals surface area contributed by atoms with Gasteiger partial charge >= 0.3 is 0 Å². The summed E-state index contributed by atoms with van der Waals surface area (Å²) in [5.74, 6) is 1.70. The smallest absolute Gasteiger partial charge is 0.265 e. The van der Waals surface area contributed by atoms with Crippen LogP contribution in [0.1, 0.15) is 95.6 Å². The van der Waals surface area contributed by atoms with Gasteiger partial charge in [-0.2, -0.15) is 0 Å². The molecule has 2 aromatic heterocycles. The highest BCUT2D eigenvalue weighted by Crippen LogP contribution is 2.49. The second kappa shape index (κ2) is 10.3. The molecule has 1 aromatic carbocycles. The Morgan fingerprint density at radius 3 is 2.53 bits per heavy atom. The number of fused-ring (bicyclic) bond motifs is 5. The second-order valence-electron chi connectivity index (χ2n) is 10.2. The number of nitrogens with zero attached hydrogens (tertiary/aromatic N) is 4. The fourth-order valence-corrected chi connectivity index (χ4v) is 7.10. The van der Waals surface area contributed by atoms with Gasteiger partial charge in [-0.15, -0.1) is 10.2 Å². The lowest BCUT2D eigenvalue weighted by Gasteiger charge is -2.43. The molecule has 5 rings (SSSR count). The van der Waals surface area contributed by atoms with Crippen LogP contribution in [0.4, 0.5) is 0 Å². The van der Waals surface area contributed by atoms with E-state index in [2.05, 4.69) is 52.9 Å². The van der Waals surface area contributed by atoms with Crippen molar-refractivity contribution in [3.63, 3.8) is 0 Å². The van der Waals surface area contributed by atoms with E-state index in [1.54, 1.807) is 11.8 Å². The quantitative estimate of drug-likeness (QED) is 0.251. The van der Waals surface area contributed by atoms with Crippen molar-refractivity contribution in [1.82, 2.24) is 19.2 Å². The number of aryl methyl sites for hydroxylation is 1.